The maximum Gasteiger partial charge on any atom is 0.270 e. The average molecular weight is 412 g/mol. The fourth-order valence-corrected chi connectivity index (χ4v) is 4.06. The van der Waals surface area contributed by atoms with E-state index in [2.05, 4.69) is 34.6 Å². The number of fused-ring (bicyclic) bond motifs is 1. The molecule has 3 heterocycles. The lowest BCUT2D eigenvalue weighted by Gasteiger charge is -2.22. The Morgan fingerprint density at radius 1 is 1.17 bits per heavy atom. The number of ether oxygens (including phenoxy) is 1. The van der Waals surface area contributed by atoms with Crippen LogP contribution >= 0.6 is 11.6 Å². The van der Waals surface area contributed by atoms with Crippen molar-refractivity contribution < 1.29 is 9.53 Å². The first-order valence-electron chi connectivity index (χ1n) is 10.2. The fraction of sp³-hybridized carbons (Fsp3) is 0.391. The fourth-order valence-electron chi connectivity index (χ4n) is 3.90. The van der Waals surface area contributed by atoms with E-state index in [1.54, 1.807) is 16.7 Å². The number of rotatable bonds is 6. The molecule has 1 N–H and O–H groups in total. The monoisotopic (exact) mass is 411 g/mol. The maximum absolute atomic E-state index is 12.9. The summed E-state index contributed by atoms with van der Waals surface area (Å²) >= 11 is 6.12. The molecule has 0 aliphatic carbocycles. The summed E-state index contributed by atoms with van der Waals surface area (Å²) < 4.78 is 7.21. The zero-order valence-electron chi connectivity index (χ0n) is 16.7. The summed E-state index contributed by atoms with van der Waals surface area (Å²) in [5, 5.41) is 3.60. The lowest BCUT2D eigenvalue weighted by molar-refractivity contribution is 0.0665. The van der Waals surface area contributed by atoms with Crippen molar-refractivity contribution in [2.45, 2.75) is 39.2 Å². The van der Waals surface area contributed by atoms with Gasteiger partial charge in [0.15, 0.2) is 0 Å². The van der Waals surface area contributed by atoms with Crippen LogP contribution in [-0.2, 0) is 24.1 Å². The van der Waals surface area contributed by atoms with E-state index >= 15 is 0 Å². The Hall–Kier alpha value is -2.37. The molecule has 0 radical (unpaired) electrons. The van der Waals surface area contributed by atoms with Gasteiger partial charge in [0.1, 0.15) is 11.3 Å². The minimum atomic E-state index is -0.136. The van der Waals surface area contributed by atoms with Crippen molar-refractivity contribution in [1.29, 1.82) is 0 Å². The molecule has 152 valence electrons. The maximum atomic E-state index is 12.9. The number of carbonyl (C=O) groups is 1. The number of nitrogens with zero attached hydrogens (tertiary/aromatic N) is 2. The SMILES string of the molecule is CCc1nc2ccc(Cl)cn2c1C(=O)NCc1ccc(CC2CCOCC2)cc1. The van der Waals surface area contributed by atoms with Gasteiger partial charge in [0, 0.05) is 26.0 Å². The largest absolute Gasteiger partial charge is 0.381 e. The summed E-state index contributed by atoms with van der Waals surface area (Å²) in [5.74, 6) is 0.576. The topological polar surface area (TPSA) is 55.6 Å². The summed E-state index contributed by atoms with van der Waals surface area (Å²) in [4.78, 5) is 17.4. The molecule has 1 aromatic carbocycles. The smallest absolute Gasteiger partial charge is 0.270 e. The first-order valence-corrected chi connectivity index (χ1v) is 10.6. The van der Waals surface area contributed by atoms with E-state index in [1.165, 1.54) is 5.56 Å². The van der Waals surface area contributed by atoms with Crippen LogP contribution in [0.1, 0.15) is 47.1 Å². The number of hydrogen-bond donors (Lipinski definition) is 1. The lowest BCUT2D eigenvalue weighted by Crippen LogP contribution is -2.25. The number of aryl methyl sites for hydroxylation is 1. The van der Waals surface area contributed by atoms with Crippen LogP contribution in [0.3, 0.4) is 0 Å². The number of halogens is 1. The molecule has 0 atom stereocenters. The zero-order valence-corrected chi connectivity index (χ0v) is 17.4. The third-order valence-corrected chi connectivity index (χ3v) is 5.77. The molecule has 6 heteroatoms. The van der Waals surface area contributed by atoms with Gasteiger partial charge in [-0.2, -0.15) is 0 Å². The van der Waals surface area contributed by atoms with Crippen molar-refractivity contribution in [2.75, 3.05) is 13.2 Å². The number of aromatic nitrogens is 2. The molecule has 0 spiro atoms. The van der Waals surface area contributed by atoms with Crippen LogP contribution in [0.5, 0.6) is 0 Å². The standard InChI is InChI=1S/C23H26ClN3O2/c1-2-20-22(27-15-19(24)7-8-21(27)26-20)23(28)25-14-18-5-3-16(4-6-18)13-17-9-11-29-12-10-17/h3-8,15,17H,2,9-14H2,1H3,(H,25,28). The highest BCUT2D eigenvalue weighted by molar-refractivity contribution is 6.30. The molecule has 3 aromatic rings. The van der Waals surface area contributed by atoms with Gasteiger partial charge in [-0.3, -0.25) is 9.20 Å². The van der Waals surface area contributed by atoms with Gasteiger partial charge in [-0.1, -0.05) is 42.8 Å². The van der Waals surface area contributed by atoms with Gasteiger partial charge in [0.25, 0.3) is 5.91 Å². The van der Waals surface area contributed by atoms with Gasteiger partial charge in [-0.25, -0.2) is 4.98 Å². The molecular weight excluding hydrogens is 386 g/mol. The summed E-state index contributed by atoms with van der Waals surface area (Å²) in [6, 6.07) is 12.1. The Kier molecular flexibility index (Phi) is 6.16. The van der Waals surface area contributed by atoms with Gasteiger partial charge in [0.2, 0.25) is 0 Å². The molecule has 4 rings (SSSR count). The number of nitrogens with one attached hydrogen (secondary N) is 1. The first kappa shape index (κ1) is 19.9. The quantitative estimate of drug-likeness (QED) is 0.652. The molecular formula is C23H26ClN3O2. The third-order valence-electron chi connectivity index (χ3n) is 5.55. The predicted molar refractivity (Wildman–Crippen MR) is 114 cm³/mol. The molecule has 0 bridgehead atoms. The molecule has 1 aliphatic rings. The second-order valence-corrected chi connectivity index (χ2v) is 8.03. The molecule has 1 saturated heterocycles. The van der Waals surface area contributed by atoms with Gasteiger partial charge < -0.3 is 10.1 Å². The van der Waals surface area contributed by atoms with Gasteiger partial charge >= 0.3 is 0 Å². The van der Waals surface area contributed by atoms with E-state index in [-0.39, 0.29) is 5.91 Å². The highest BCUT2D eigenvalue weighted by atomic mass is 35.5. The van der Waals surface area contributed by atoms with Crippen LogP contribution < -0.4 is 5.32 Å². The van der Waals surface area contributed by atoms with E-state index in [0.29, 0.717) is 29.6 Å². The van der Waals surface area contributed by atoms with Gasteiger partial charge in [0.05, 0.1) is 10.7 Å². The van der Waals surface area contributed by atoms with Crippen molar-refractivity contribution in [3.8, 4) is 0 Å². The number of carbonyl (C=O) groups excluding carboxylic acids is 1. The highest BCUT2D eigenvalue weighted by Gasteiger charge is 2.18. The van der Waals surface area contributed by atoms with Gasteiger partial charge in [-0.05, 0) is 54.9 Å². The van der Waals surface area contributed by atoms with Crippen LogP contribution in [0.15, 0.2) is 42.6 Å². The van der Waals surface area contributed by atoms with E-state index in [0.717, 1.165) is 49.4 Å². The lowest BCUT2D eigenvalue weighted by atomic mass is 9.92. The third kappa shape index (κ3) is 4.62. The molecule has 5 nitrogen and oxygen atoms in total. The second kappa shape index (κ2) is 8.97. The molecule has 2 aromatic heterocycles. The minimum absolute atomic E-state index is 0.136. The number of hydrogen-bond acceptors (Lipinski definition) is 3. The number of benzene rings is 1. The van der Waals surface area contributed by atoms with Crippen molar-refractivity contribution in [3.63, 3.8) is 0 Å². The number of imidazole rings is 1. The normalized spacial score (nSPS) is 15.0. The van der Waals surface area contributed by atoms with E-state index in [1.807, 2.05) is 13.0 Å². The van der Waals surface area contributed by atoms with Crippen molar-refractivity contribution in [1.82, 2.24) is 14.7 Å². The zero-order chi connectivity index (χ0) is 20.2. The Labute approximate surface area is 176 Å². The number of amides is 1. The van der Waals surface area contributed by atoms with E-state index in [4.69, 9.17) is 16.3 Å². The average Bonchev–Trinajstić information content (AvgIpc) is 3.11. The van der Waals surface area contributed by atoms with E-state index < -0.39 is 0 Å². The Balaban J connectivity index is 1.42. The predicted octanol–water partition coefficient (Wildman–Crippen LogP) is 4.45. The van der Waals surface area contributed by atoms with Crippen LogP contribution in [0.2, 0.25) is 5.02 Å². The highest BCUT2D eigenvalue weighted by Crippen LogP contribution is 2.21. The molecule has 0 saturated carbocycles. The van der Waals surface area contributed by atoms with E-state index in [9.17, 15) is 4.79 Å². The molecule has 1 amide bonds. The first-order chi connectivity index (χ1) is 14.1. The Bertz CT molecular complexity index is 991. The summed E-state index contributed by atoms with van der Waals surface area (Å²) in [5.41, 5.74) is 4.49. The van der Waals surface area contributed by atoms with Crippen molar-refractivity contribution in [2.24, 2.45) is 5.92 Å². The molecule has 29 heavy (non-hydrogen) atoms. The molecule has 0 unspecified atom stereocenters. The molecule has 1 aliphatic heterocycles. The molecule has 1 fully saturated rings. The summed E-state index contributed by atoms with van der Waals surface area (Å²) in [6.07, 6.45) is 5.80. The second-order valence-electron chi connectivity index (χ2n) is 7.60. The summed E-state index contributed by atoms with van der Waals surface area (Å²) in [6.45, 7) is 4.23. The van der Waals surface area contributed by atoms with Crippen LogP contribution in [-0.4, -0.2) is 28.5 Å². The van der Waals surface area contributed by atoms with Crippen LogP contribution in [0.25, 0.3) is 5.65 Å². The minimum Gasteiger partial charge on any atom is -0.381 e. The Morgan fingerprint density at radius 3 is 2.62 bits per heavy atom. The van der Waals surface area contributed by atoms with Crippen molar-refractivity contribution in [3.05, 3.63) is 70.1 Å². The van der Waals surface area contributed by atoms with Gasteiger partial charge in [-0.15, -0.1) is 0 Å². The summed E-state index contributed by atoms with van der Waals surface area (Å²) in [7, 11) is 0. The Morgan fingerprint density at radius 2 is 1.90 bits per heavy atom. The van der Waals surface area contributed by atoms with Crippen molar-refractivity contribution >= 4 is 23.2 Å². The number of pyridine rings is 1. The van der Waals surface area contributed by atoms with Crippen LogP contribution in [0.4, 0.5) is 0 Å². The van der Waals surface area contributed by atoms with Crippen LogP contribution in [0, 0.1) is 5.92 Å².